The molecular formula is C24H34F6MnN4O6S2. The molecule has 0 atom stereocenters. The van der Waals surface area contributed by atoms with Crippen LogP contribution in [0.1, 0.15) is 64.3 Å². The number of aromatic nitrogens is 2. The molecule has 0 aliphatic carbocycles. The zero-order chi connectivity index (χ0) is 32.9. The number of rotatable bonds is 0. The predicted molar refractivity (Wildman–Crippen MR) is 142 cm³/mol. The van der Waals surface area contributed by atoms with Gasteiger partial charge in [0.05, 0.1) is 22.8 Å². The van der Waals surface area contributed by atoms with Gasteiger partial charge < -0.3 is 0 Å². The molecule has 1 aliphatic heterocycles. The van der Waals surface area contributed by atoms with Crippen molar-refractivity contribution in [3.8, 4) is 0 Å². The molecule has 0 amide bonds. The summed E-state index contributed by atoms with van der Waals surface area (Å²) < 4.78 is 115. The topological polar surface area (TPSA) is 141 Å². The molecule has 3 rings (SSSR count). The van der Waals surface area contributed by atoms with Crippen molar-refractivity contribution < 1.29 is 69.4 Å². The van der Waals surface area contributed by atoms with Crippen LogP contribution in [0.4, 0.5) is 26.3 Å². The van der Waals surface area contributed by atoms with Gasteiger partial charge in [-0.2, -0.15) is 43.2 Å². The van der Waals surface area contributed by atoms with Crippen LogP contribution in [0.15, 0.2) is 36.4 Å². The van der Waals surface area contributed by atoms with E-state index in [4.69, 9.17) is 35.9 Å². The summed E-state index contributed by atoms with van der Waals surface area (Å²) in [6.07, 6.45) is 0. The van der Waals surface area contributed by atoms with Gasteiger partial charge in [-0.15, -0.1) is 0 Å². The van der Waals surface area contributed by atoms with E-state index in [9.17, 15) is 26.3 Å². The quantitative estimate of drug-likeness (QED) is 0.163. The number of alkyl halides is 6. The average molecular weight is 708 g/mol. The number of pyridine rings is 2. The van der Waals surface area contributed by atoms with Gasteiger partial charge in [-0.1, -0.05) is 12.1 Å². The van der Waals surface area contributed by atoms with Crippen LogP contribution in [-0.2, 0) is 63.5 Å². The van der Waals surface area contributed by atoms with Gasteiger partial charge in [0.15, 0.2) is 0 Å². The van der Waals surface area contributed by atoms with Crippen molar-refractivity contribution >= 4 is 20.2 Å². The molecule has 247 valence electrons. The fourth-order valence-corrected chi connectivity index (χ4v) is 3.25. The van der Waals surface area contributed by atoms with Crippen molar-refractivity contribution in [3.05, 3.63) is 59.2 Å². The monoisotopic (exact) mass is 707 g/mol. The van der Waals surface area contributed by atoms with Crippen LogP contribution in [0.25, 0.3) is 0 Å². The van der Waals surface area contributed by atoms with Gasteiger partial charge >= 0.3 is 31.3 Å². The molecule has 0 unspecified atom stereocenters. The number of nitrogens with zero attached hydrogens (tertiary/aromatic N) is 4. The molecule has 4 bridgehead atoms. The first-order valence-corrected chi connectivity index (χ1v) is 15.0. The number of hydrogen-bond donors (Lipinski definition) is 2. The summed E-state index contributed by atoms with van der Waals surface area (Å²) in [5.74, 6) is 0. The molecule has 10 nitrogen and oxygen atoms in total. The third kappa shape index (κ3) is 14.2. The van der Waals surface area contributed by atoms with Crippen LogP contribution in [-0.4, -0.2) is 67.8 Å². The maximum atomic E-state index is 10.7. The van der Waals surface area contributed by atoms with Crippen molar-refractivity contribution in [2.45, 2.75) is 89.8 Å². The first-order chi connectivity index (χ1) is 18.6. The zero-order valence-electron chi connectivity index (χ0n) is 24.1. The van der Waals surface area contributed by atoms with Crippen LogP contribution in [0.2, 0.25) is 0 Å². The Morgan fingerprint density at radius 1 is 0.581 bits per heavy atom. The Hall–Kier alpha value is -1.86. The molecule has 0 saturated heterocycles. The Balaban J connectivity index is 0.000000860. The van der Waals surface area contributed by atoms with Crippen LogP contribution in [0, 0.1) is 0 Å². The van der Waals surface area contributed by atoms with Crippen LogP contribution >= 0.6 is 0 Å². The maximum Gasteiger partial charge on any atom is 0.522 e. The van der Waals surface area contributed by atoms with Crippen molar-refractivity contribution in [1.82, 2.24) is 19.8 Å². The molecule has 1 radical (unpaired) electrons. The summed E-state index contributed by atoms with van der Waals surface area (Å²) >= 11 is 0. The summed E-state index contributed by atoms with van der Waals surface area (Å²) in [5, 5.41) is 0. The zero-order valence-corrected chi connectivity index (χ0v) is 26.9. The molecule has 43 heavy (non-hydrogen) atoms. The summed E-state index contributed by atoms with van der Waals surface area (Å²) in [4.78, 5) is 14.8. The van der Waals surface area contributed by atoms with E-state index in [1.54, 1.807) is 0 Å². The van der Waals surface area contributed by atoms with Crippen LogP contribution < -0.4 is 0 Å². The second-order valence-electron chi connectivity index (χ2n) is 11.1. The molecule has 0 aromatic carbocycles. The number of fused-ring (bicyclic) bond motifs is 4. The summed E-state index contributed by atoms with van der Waals surface area (Å²) in [5.41, 5.74) is -6.45. The largest absolute Gasteiger partial charge is 0.522 e. The van der Waals surface area contributed by atoms with Crippen molar-refractivity contribution in [3.63, 3.8) is 0 Å². The fourth-order valence-electron chi connectivity index (χ4n) is 3.25. The molecule has 19 heteroatoms. The van der Waals surface area contributed by atoms with E-state index >= 15 is 0 Å². The molecule has 0 fully saturated rings. The third-order valence-corrected chi connectivity index (χ3v) is 6.79. The van der Waals surface area contributed by atoms with Gasteiger partial charge in [0.1, 0.15) is 0 Å². The van der Waals surface area contributed by atoms with Crippen LogP contribution in [0.5, 0.6) is 0 Å². The number of halogens is 6. The van der Waals surface area contributed by atoms with Crippen LogP contribution in [0.3, 0.4) is 0 Å². The minimum atomic E-state index is -5.84. The van der Waals surface area contributed by atoms with Crippen molar-refractivity contribution in [2.24, 2.45) is 0 Å². The van der Waals surface area contributed by atoms with Gasteiger partial charge in [0.2, 0.25) is 0 Å². The molecule has 2 N–H and O–H groups in total. The van der Waals surface area contributed by atoms with E-state index in [0.717, 1.165) is 49.0 Å². The Morgan fingerprint density at radius 3 is 0.907 bits per heavy atom. The standard InChI is InChI=1S/C22H32N4.2CHF3O3S.Mn/c1-21(2,3)25-13-17-9-7-11-19(23-17)15-26(22(4,5)6)16-20-12-8-10-18(14-25)24-20;2*2-1(3,4)8(5,6)7;/h7-12H,13-16H2,1-6H3;2*(H,5,6,7);. The smallest absolute Gasteiger partial charge is 0.287 e. The Kier molecular flexibility index (Phi) is 14.3. The Morgan fingerprint density at radius 2 is 0.767 bits per heavy atom. The van der Waals surface area contributed by atoms with E-state index in [1.807, 2.05) is 0 Å². The minimum Gasteiger partial charge on any atom is -0.287 e. The SMILES string of the molecule is CC(C)(C)N1Cc2cccc(n2)CN(C(C)(C)C)Cc2cccc(n2)C1.O=S(=O)(O)C(F)(F)F.O=S(=O)(O)C(F)(F)F.[Mn]. The maximum absolute atomic E-state index is 10.7. The number of hydrogen-bond acceptors (Lipinski definition) is 8. The fraction of sp³-hybridized carbons (Fsp3) is 0.583. The van der Waals surface area contributed by atoms with E-state index in [2.05, 4.69) is 87.7 Å². The second kappa shape index (κ2) is 14.9. The average Bonchev–Trinajstić information content (AvgIpc) is 2.75. The first kappa shape index (κ1) is 41.1. The van der Waals surface area contributed by atoms with Gasteiger partial charge in [-0.05, 0) is 65.8 Å². The molecule has 3 heterocycles. The van der Waals surface area contributed by atoms with Crippen molar-refractivity contribution in [1.29, 1.82) is 0 Å². The molecule has 2 aromatic heterocycles. The molecule has 2 aromatic rings. The molecule has 1 aliphatic rings. The molecule has 0 saturated carbocycles. The summed E-state index contributed by atoms with van der Waals surface area (Å²) in [7, 11) is -11.7. The van der Waals surface area contributed by atoms with Gasteiger partial charge in [-0.3, -0.25) is 28.9 Å². The molecule has 0 spiro atoms. The first-order valence-electron chi connectivity index (χ1n) is 12.1. The second-order valence-corrected chi connectivity index (χ2v) is 14.0. The Labute approximate surface area is 257 Å². The molecular weight excluding hydrogens is 673 g/mol. The van der Waals surface area contributed by atoms with E-state index in [0.29, 0.717) is 0 Å². The minimum absolute atomic E-state index is 0. The van der Waals surface area contributed by atoms with E-state index < -0.39 is 31.3 Å². The predicted octanol–water partition coefficient (Wildman–Crippen LogP) is 5.18. The van der Waals surface area contributed by atoms with Gasteiger partial charge in [0, 0.05) is 54.3 Å². The van der Waals surface area contributed by atoms with Gasteiger partial charge in [-0.25, -0.2) is 0 Å². The van der Waals surface area contributed by atoms with E-state index in [1.165, 1.54) is 0 Å². The summed E-state index contributed by atoms with van der Waals surface area (Å²) in [6.45, 7) is 16.9. The van der Waals surface area contributed by atoms with E-state index in [-0.39, 0.29) is 28.1 Å². The van der Waals surface area contributed by atoms with Crippen molar-refractivity contribution in [2.75, 3.05) is 0 Å². The normalized spacial score (nSPS) is 15.8. The third-order valence-electron chi connectivity index (χ3n) is 5.62. The Bertz CT molecular complexity index is 1260. The summed E-state index contributed by atoms with van der Waals surface area (Å²) in [6, 6.07) is 12.8. The van der Waals surface area contributed by atoms with Gasteiger partial charge in [0.25, 0.3) is 0 Å².